The second-order valence-corrected chi connectivity index (χ2v) is 4.68. The minimum absolute atomic E-state index is 0.0766. The Hall–Kier alpha value is -2.62. The number of ketones is 1. The van der Waals surface area contributed by atoms with Gasteiger partial charge in [-0.1, -0.05) is 24.3 Å². The van der Waals surface area contributed by atoms with Gasteiger partial charge < -0.3 is 10.1 Å². The highest BCUT2D eigenvalue weighted by Crippen LogP contribution is 2.17. The molecule has 0 radical (unpaired) electrons. The van der Waals surface area contributed by atoms with E-state index in [4.69, 9.17) is 4.74 Å². The number of benzene rings is 2. The van der Waals surface area contributed by atoms with Crippen molar-refractivity contribution in [3.8, 4) is 5.75 Å². The molecule has 1 N–H and O–H groups in total. The SMILES string of the molecule is COc1cccc(CC(=O)Nc2ccccc2C(C)=O)c1. The largest absolute Gasteiger partial charge is 0.497 e. The number of methoxy groups -OCH3 is 1. The molecule has 0 unspecified atom stereocenters. The Balaban J connectivity index is 2.10. The number of nitrogens with one attached hydrogen (secondary N) is 1. The summed E-state index contributed by atoms with van der Waals surface area (Å²) in [6.45, 7) is 1.48. The number of carbonyl (C=O) groups excluding carboxylic acids is 2. The number of para-hydroxylation sites is 1. The molecule has 0 aliphatic carbocycles. The molecule has 4 heteroatoms. The normalized spacial score (nSPS) is 10.0. The second-order valence-electron chi connectivity index (χ2n) is 4.68. The van der Waals surface area contributed by atoms with Crippen molar-refractivity contribution in [3.05, 3.63) is 59.7 Å². The first-order chi connectivity index (χ1) is 10.1. The summed E-state index contributed by atoms with van der Waals surface area (Å²) in [7, 11) is 1.59. The van der Waals surface area contributed by atoms with E-state index in [-0.39, 0.29) is 18.1 Å². The quantitative estimate of drug-likeness (QED) is 0.858. The summed E-state index contributed by atoms with van der Waals surface area (Å²) < 4.78 is 5.13. The van der Waals surface area contributed by atoms with Gasteiger partial charge in [-0.2, -0.15) is 0 Å². The Kier molecular flexibility index (Phi) is 4.72. The number of rotatable bonds is 5. The Morgan fingerprint density at radius 1 is 1.10 bits per heavy atom. The molecular weight excluding hydrogens is 266 g/mol. The molecule has 21 heavy (non-hydrogen) atoms. The summed E-state index contributed by atoms with van der Waals surface area (Å²) in [5.74, 6) is 0.466. The molecule has 0 spiro atoms. The van der Waals surface area contributed by atoms with E-state index < -0.39 is 0 Å². The lowest BCUT2D eigenvalue weighted by Gasteiger charge is -2.09. The van der Waals surface area contributed by atoms with Gasteiger partial charge in [0.2, 0.25) is 5.91 Å². The monoisotopic (exact) mass is 283 g/mol. The van der Waals surface area contributed by atoms with Crippen LogP contribution in [0.25, 0.3) is 0 Å². The molecule has 0 heterocycles. The summed E-state index contributed by atoms with van der Waals surface area (Å²) in [5, 5.41) is 2.78. The average Bonchev–Trinajstić information content (AvgIpc) is 2.47. The molecule has 2 aromatic carbocycles. The van der Waals surface area contributed by atoms with Crippen LogP contribution in [0.4, 0.5) is 5.69 Å². The molecule has 0 saturated carbocycles. The maximum atomic E-state index is 12.1. The molecule has 0 aromatic heterocycles. The van der Waals surface area contributed by atoms with Crippen molar-refractivity contribution in [2.75, 3.05) is 12.4 Å². The summed E-state index contributed by atoms with van der Waals surface area (Å²) in [6.07, 6.45) is 0.226. The Bertz CT molecular complexity index is 665. The van der Waals surface area contributed by atoms with Gasteiger partial charge in [0.1, 0.15) is 5.75 Å². The first-order valence-electron chi connectivity index (χ1n) is 6.63. The van der Waals surface area contributed by atoms with E-state index in [1.165, 1.54) is 6.92 Å². The molecule has 0 atom stereocenters. The summed E-state index contributed by atoms with van der Waals surface area (Å²) in [6, 6.07) is 14.3. The van der Waals surface area contributed by atoms with Crippen LogP contribution in [-0.4, -0.2) is 18.8 Å². The number of anilines is 1. The lowest BCUT2D eigenvalue weighted by Crippen LogP contribution is -2.16. The minimum atomic E-state index is -0.169. The summed E-state index contributed by atoms with van der Waals surface area (Å²) in [5.41, 5.74) is 1.90. The minimum Gasteiger partial charge on any atom is -0.497 e. The third-order valence-electron chi connectivity index (χ3n) is 3.08. The van der Waals surface area contributed by atoms with Gasteiger partial charge in [-0.25, -0.2) is 0 Å². The fourth-order valence-corrected chi connectivity index (χ4v) is 2.06. The molecule has 0 fully saturated rings. The van der Waals surface area contributed by atoms with Gasteiger partial charge in [0.05, 0.1) is 19.2 Å². The number of hydrogen-bond acceptors (Lipinski definition) is 3. The number of carbonyl (C=O) groups is 2. The van der Waals surface area contributed by atoms with Gasteiger partial charge >= 0.3 is 0 Å². The zero-order valence-corrected chi connectivity index (χ0v) is 12.1. The predicted octanol–water partition coefficient (Wildman–Crippen LogP) is 3.08. The second kappa shape index (κ2) is 6.70. The third-order valence-corrected chi connectivity index (χ3v) is 3.08. The Morgan fingerprint density at radius 3 is 2.57 bits per heavy atom. The van der Waals surface area contributed by atoms with E-state index in [0.717, 1.165) is 5.56 Å². The molecule has 0 bridgehead atoms. The van der Waals surface area contributed by atoms with Crippen LogP contribution >= 0.6 is 0 Å². The van der Waals surface area contributed by atoms with Crippen LogP contribution in [0.3, 0.4) is 0 Å². The highest BCUT2D eigenvalue weighted by Gasteiger charge is 2.10. The average molecular weight is 283 g/mol. The van der Waals surface area contributed by atoms with Crippen LogP contribution < -0.4 is 10.1 Å². The van der Waals surface area contributed by atoms with Gasteiger partial charge in [0, 0.05) is 5.56 Å². The fourth-order valence-electron chi connectivity index (χ4n) is 2.06. The van der Waals surface area contributed by atoms with E-state index >= 15 is 0 Å². The van der Waals surface area contributed by atoms with Gasteiger partial charge in [0.15, 0.2) is 5.78 Å². The van der Waals surface area contributed by atoms with Crippen LogP contribution in [0, 0.1) is 0 Å². The van der Waals surface area contributed by atoms with Crippen molar-refractivity contribution < 1.29 is 14.3 Å². The predicted molar refractivity (Wildman–Crippen MR) is 81.8 cm³/mol. The van der Waals surface area contributed by atoms with E-state index in [1.807, 2.05) is 24.3 Å². The topological polar surface area (TPSA) is 55.4 Å². The summed E-state index contributed by atoms with van der Waals surface area (Å²) in [4.78, 5) is 23.6. The number of ether oxygens (including phenoxy) is 1. The highest BCUT2D eigenvalue weighted by atomic mass is 16.5. The Labute approximate surface area is 123 Å². The molecule has 2 rings (SSSR count). The first kappa shape index (κ1) is 14.8. The summed E-state index contributed by atoms with van der Waals surface area (Å²) >= 11 is 0. The van der Waals surface area contributed by atoms with Crippen LogP contribution in [0.2, 0.25) is 0 Å². The lowest BCUT2D eigenvalue weighted by molar-refractivity contribution is -0.115. The number of hydrogen-bond donors (Lipinski definition) is 1. The van der Waals surface area contributed by atoms with Crippen molar-refractivity contribution in [1.82, 2.24) is 0 Å². The van der Waals surface area contributed by atoms with Gasteiger partial charge in [0.25, 0.3) is 0 Å². The van der Waals surface area contributed by atoms with Crippen LogP contribution in [0.5, 0.6) is 5.75 Å². The maximum absolute atomic E-state index is 12.1. The smallest absolute Gasteiger partial charge is 0.228 e. The zero-order valence-electron chi connectivity index (χ0n) is 12.1. The molecule has 108 valence electrons. The molecule has 0 aliphatic heterocycles. The first-order valence-corrected chi connectivity index (χ1v) is 6.63. The van der Waals surface area contributed by atoms with Gasteiger partial charge in [-0.05, 0) is 36.8 Å². The standard InChI is InChI=1S/C17H17NO3/c1-12(19)15-8-3-4-9-16(15)18-17(20)11-13-6-5-7-14(10-13)21-2/h3-10H,11H2,1-2H3,(H,18,20). The third kappa shape index (κ3) is 3.92. The van der Waals surface area contributed by atoms with Crippen molar-refractivity contribution in [1.29, 1.82) is 0 Å². The van der Waals surface area contributed by atoms with E-state index in [0.29, 0.717) is 17.0 Å². The fraction of sp³-hybridized carbons (Fsp3) is 0.176. The van der Waals surface area contributed by atoms with E-state index in [2.05, 4.69) is 5.32 Å². The van der Waals surface area contributed by atoms with E-state index in [9.17, 15) is 9.59 Å². The van der Waals surface area contributed by atoms with Crippen LogP contribution in [0.15, 0.2) is 48.5 Å². The molecular formula is C17H17NO3. The molecule has 0 aliphatic rings. The van der Waals surface area contributed by atoms with Crippen molar-refractivity contribution in [3.63, 3.8) is 0 Å². The maximum Gasteiger partial charge on any atom is 0.228 e. The van der Waals surface area contributed by atoms with Crippen molar-refractivity contribution >= 4 is 17.4 Å². The molecule has 2 aromatic rings. The van der Waals surface area contributed by atoms with Crippen molar-refractivity contribution in [2.24, 2.45) is 0 Å². The van der Waals surface area contributed by atoms with E-state index in [1.54, 1.807) is 31.4 Å². The molecule has 4 nitrogen and oxygen atoms in total. The lowest BCUT2D eigenvalue weighted by atomic mass is 10.1. The molecule has 0 saturated heterocycles. The number of amides is 1. The van der Waals surface area contributed by atoms with Crippen LogP contribution in [-0.2, 0) is 11.2 Å². The van der Waals surface area contributed by atoms with Gasteiger partial charge in [-0.3, -0.25) is 9.59 Å². The highest BCUT2D eigenvalue weighted by molar-refractivity contribution is 6.04. The van der Waals surface area contributed by atoms with Crippen LogP contribution in [0.1, 0.15) is 22.8 Å². The van der Waals surface area contributed by atoms with Gasteiger partial charge in [-0.15, -0.1) is 0 Å². The molecule has 1 amide bonds. The zero-order chi connectivity index (χ0) is 15.2. The number of Topliss-reactive ketones (excluding diaryl/α,β-unsaturated/α-hetero) is 1. The Morgan fingerprint density at radius 2 is 1.86 bits per heavy atom. The van der Waals surface area contributed by atoms with Crippen molar-refractivity contribution in [2.45, 2.75) is 13.3 Å².